The standard InChI is InChI=1S/C16H29N3S/c1-5-8-14-9-17-16(6-2,7-3)12-19(14)10-15-18-13(4)11-20-15/h11,14,17H,5-10,12H2,1-4H3. The van der Waals surface area contributed by atoms with Crippen LogP contribution in [0.3, 0.4) is 0 Å². The predicted molar refractivity (Wildman–Crippen MR) is 87.3 cm³/mol. The summed E-state index contributed by atoms with van der Waals surface area (Å²) in [5, 5.41) is 7.27. The van der Waals surface area contributed by atoms with E-state index < -0.39 is 0 Å². The summed E-state index contributed by atoms with van der Waals surface area (Å²) in [6.07, 6.45) is 4.94. The molecule has 0 aliphatic carbocycles. The number of hydrogen-bond donors (Lipinski definition) is 1. The summed E-state index contributed by atoms with van der Waals surface area (Å²) in [6, 6.07) is 0.662. The highest BCUT2D eigenvalue weighted by Gasteiger charge is 2.36. The van der Waals surface area contributed by atoms with Gasteiger partial charge in [0.25, 0.3) is 0 Å². The summed E-state index contributed by atoms with van der Waals surface area (Å²) in [7, 11) is 0. The molecule has 1 atom stereocenters. The summed E-state index contributed by atoms with van der Waals surface area (Å²) < 4.78 is 0. The van der Waals surface area contributed by atoms with Crippen molar-refractivity contribution in [2.24, 2.45) is 0 Å². The Labute approximate surface area is 127 Å². The molecule has 1 saturated heterocycles. The van der Waals surface area contributed by atoms with Gasteiger partial charge in [-0.05, 0) is 26.2 Å². The summed E-state index contributed by atoms with van der Waals surface area (Å²) in [5.41, 5.74) is 1.46. The smallest absolute Gasteiger partial charge is 0.107 e. The van der Waals surface area contributed by atoms with Crippen LogP contribution >= 0.6 is 11.3 Å². The fourth-order valence-electron chi connectivity index (χ4n) is 3.21. The first-order valence-electron chi connectivity index (χ1n) is 8.02. The fraction of sp³-hybridized carbons (Fsp3) is 0.812. The SMILES string of the molecule is CCCC1CNC(CC)(CC)CN1Cc1nc(C)cs1. The molecule has 2 rings (SSSR count). The van der Waals surface area contributed by atoms with Crippen molar-refractivity contribution in [2.75, 3.05) is 13.1 Å². The predicted octanol–water partition coefficient (Wildman–Crippen LogP) is 3.58. The Kier molecular flexibility index (Phi) is 5.58. The number of hydrogen-bond acceptors (Lipinski definition) is 4. The number of nitrogens with zero attached hydrogens (tertiary/aromatic N) is 2. The lowest BCUT2D eigenvalue weighted by Gasteiger charge is -2.47. The maximum Gasteiger partial charge on any atom is 0.107 e. The number of nitrogens with one attached hydrogen (secondary N) is 1. The second-order valence-corrected chi connectivity index (χ2v) is 7.04. The van der Waals surface area contributed by atoms with E-state index in [1.165, 1.54) is 30.7 Å². The molecule has 0 saturated carbocycles. The van der Waals surface area contributed by atoms with Gasteiger partial charge in [0.2, 0.25) is 0 Å². The zero-order valence-electron chi connectivity index (χ0n) is 13.4. The maximum atomic E-state index is 4.66. The summed E-state index contributed by atoms with van der Waals surface area (Å²) in [6.45, 7) is 12.3. The molecular weight excluding hydrogens is 266 g/mol. The van der Waals surface area contributed by atoms with E-state index in [9.17, 15) is 0 Å². The van der Waals surface area contributed by atoms with Crippen LogP contribution in [0.4, 0.5) is 0 Å². The van der Waals surface area contributed by atoms with Gasteiger partial charge in [0.1, 0.15) is 5.01 Å². The molecule has 20 heavy (non-hydrogen) atoms. The van der Waals surface area contributed by atoms with Crippen LogP contribution in [-0.2, 0) is 6.54 Å². The highest BCUT2D eigenvalue weighted by Crippen LogP contribution is 2.26. The number of thiazole rings is 1. The van der Waals surface area contributed by atoms with Crippen molar-refractivity contribution in [3.63, 3.8) is 0 Å². The highest BCUT2D eigenvalue weighted by molar-refractivity contribution is 7.09. The molecule has 1 unspecified atom stereocenters. The number of aryl methyl sites for hydroxylation is 1. The van der Waals surface area contributed by atoms with Crippen LogP contribution in [0.2, 0.25) is 0 Å². The van der Waals surface area contributed by atoms with Gasteiger partial charge in [-0.25, -0.2) is 4.98 Å². The summed E-state index contributed by atoms with van der Waals surface area (Å²) >= 11 is 1.81. The monoisotopic (exact) mass is 295 g/mol. The summed E-state index contributed by atoms with van der Waals surface area (Å²) in [4.78, 5) is 7.33. The number of aromatic nitrogens is 1. The van der Waals surface area contributed by atoms with Crippen LogP contribution in [-0.4, -0.2) is 34.6 Å². The van der Waals surface area contributed by atoms with Crippen LogP contribution in [0, 0.1) is 6.92 Å². The van der Waals surface area contributed by atoms with E-state index >= 15 is 0 Å². The van der Waals surface area contributed by atoms with Gasteiger partial charge in [-0.15, -0.1) is 11.3 Å². The van der Waals surface area contributed by atoms with Gasteiger partial charge in [-0.3, -0.25) is 4.90 Å². The minimum Gasteiger partial charge on any atom is -0.308 e. The molecule has 1 aliphatic heterocycles. The molecule has 1 N–H and O–H groups in total. The van der Waals surface area contributed by atoms with Gasteiger partial charge < -0.3 is 5.32 Å². The molecule has 1 aromatic rings. The van der Waals surface area contributed by atoms with E-state index in [1.54, 1.807) is 11.3 Å². The quantitative estimate of drug-likeness (QED) is 0.869. The third-order valence-corrected chi connectivity index (χ3v) is 5.67. The van der Waals surface area contributed by atoms with Crippen molar-refractivity contribution in [3.8, 4) is 0 Å². The summed E-state index contributed by atoms with van der Waals surface area (Å²) in [5.74, 6) is 0. The lowest BCUT2D eigenvalue weighted by Crippen LogP contribution is -2.63. The number of piperazine rings is 1. The van der Waals surface area contributed by atoms with E-state index in [1.807, 2.05) is 0 Å². The van der Waals surface area contributed by atoms with Gasteiger partial charge >= 0.3 is 0 Å². The Bertz CT molecular complexity index is 412. The van der Waals surface area contributed by atoms with Crippen LogP contribution in [0.25, 0.3) is 0 Å². The molecule has 1 aliphatic rings. The van der Waals surface area contributed by atoms with Gasteiger partial charge in [0, 0.05) is 35.7 Å². The Morgan fingerprint density at radius 1 is 1.40 bits per heavy atom. The van der Waals surface area contributed by atoms with E-state index in [4.69, 9.17) is 0 Å². The molecule has 114 valence electrons. The van der Waals surface area contributed by atoms with Crippen molar-refractivity contribution < 1.29 is 0 Å². The molecule has 4 heteroatoms. The van der Waals surface area contributed by atoms with Crippen molar-refractivity contribution in [2.45, 2.75) is 71.5 Å². The van der Waals surface area contributed by atoms with Crippen LogP contribution in [0.1, 0.15) is 57.2 Å². The van der Waals surface area contributed by atoms with E-state index in [-0.39, 0.29) is 0 Å². The molecule has 0 radical (unpaired) electrons. The van der Waals surface area contributed by atoms with Gasteiger partial charge in [-0.2, -0.15) is 0 Å². The van der Waals surface area contributed by atoms with E-state index in [2.05, 4.69) is 48.3 Å². The van der Waals surface area contributed by atoms with Crippen molar-refractivity contribution in [1.29, 1.82) is 0 Å². The lowest BCUT2D eigenvalue weighted by molar-refractivity contribution is 0.0616. The second kappa shape index (κ2) is 7.01. The first-order valence-corrected chi connectivity index (χ1v) is 8.90. The van der Waals surface area contributed by atoms with Crippen molar-refractivity contribution >= 4 is 11.3 Å². The zero-order chi connectivity index (χ0) is 14.6. The average Bonchev–Trinajstić information content (AvgIpc) is 2.86. The van der Waals surface area contributed by atoms with Gasteiger partial charge in [-0.1, -0.05) is 27.2 Å². The number of rotatable bonds is 6. The zero-order valence-corrected chi connectivity index (χ0v) is 14.2. The molecule has 0 amide bonds. The van der Waals surface area contributed by atoms with E-state index in [0.29, 0.717) is 11.6 Å². The Morgan fingerprint density at radius 3 is 2.70 bits per heavy atom. The molecule has 0 aromatic carbocycles. The second-order valence-electron chi connectivity index (χ2n) is 6.10. The topological polar surface area (TPSA) is 28.2 Å². The van der Waals surface area contributed by atoms with Gasteiger partial charge in [0.05, 0.1) is 6.54 Å². The molecule has 0 spiro atoms. The fourth-order valence-corrected chi connectivity index (χ4v) is 4.01. The Hall–Kier alpha value is -0.450. The average molecular weight is 295 g/mol. The Balaban J connectivity index is 2.10. The molecule has 1 aromatic heterocycles. The molecule has 3 nitrogen and oxygen atoms in total. The maximum absolute atomic E-state index is 4.66. The highest BCUT2D eigenvalue weighted by atomic mass is 32.1. The molecule has 0 bridgehead atoms. The van der Waals surface area contributed by atoms with Crippen LogP contribution in [0.5, 0.6) is 0 Å². The van der Waals surface area contributed by atoms with E-state index in [0.717, 1.165) is 25.3 Å². The van der Waals surface area contributed by atoms with Crippen LogP contribution < -0.4 is 5.32 Å². The third-order valence-electron chi connectivity index (χ3n) is 4.72. The van der Waals surface area contributed by atoms with Crippen molar-refractivity contribution in [1.82, 2.24) is 15.2 Å². The molecular formula is C16H29N3S. The Morgan fingerprint density at radius 2 is 2.15 bits per heavy atom. The normalized spacial score (nSPS) is 23.1. The first kappa shape index (κ1) is 15.9. The van der Waals surface area contributed by atoms with Crippen LogP contribution in [0.15, 0.2) is 5.38 Å². The molecule has 1 fully saturated rings. The third kappa shape index (κ3) is 3.60. The minimum atomic E-state index is 0.302. The molecule has 2 heterocycles. The largest absolute Gasteiger partial charge is 0.308 e. The first-order chi connectivity index (χ1) is 9.62. The lowest BCUT2D eigenvalue weighted by atomic mass is 9.88. The minimum absolute atomic E-state index is 0.302. The van der Waals surface area contributed by atoms with Crippen molar-refractivity contribution in [3.05, 3.63) is 16.1 Å². The van der Waals surface area contributed by atoms with Gasteiger partial charge in [0.15, 0.2) is 0 Å².